The zero-order valence-corrected chi connectivity index (χ0v) is 14.1. The monoisotopic (exact) mass is 330 g/mol. The largest absolute Gasteiger partial charge is 0.455 e. The van der Waals surface area contributed by atoms with Crippen molar-refractivity contribution in [2.24, 2.45) is 0 Å². The Kier molecular flexibility index (Phi) is 4.34. The molecule has 3 heterocycles. The molecule has 0 aliphatic carbocycles. The van der Waals surface area contributed by atoms with Gasteiger partial charge in [-0.1, -0.05) is 11.2 Å². The number of carbonyl (C=O) groups excluding carboxylic acids is 1. The van der Waals surface area contributed by atoms with Gasteiger partial charge in [-0.15, -0.1) is 11.3 Å². The van der Waals surface area contributed by atoms with Crippen LogP contribution in [0.5, 0.6) is 0 Å². The zero-order chi connectivity index (χ0) is 16.4. The first-order valence-electron chi connectivity index (χ1n) is 7.43. The molecule has 3 aromatic rings. The summed E-state index contributed by atoms with van der Waals surface area (Å²) in [5, 5.41) is 5.92. The van der Waals surface area contributed by atoms with Gasteiger partial charge in [0.1, 0.15) is 12.3 Å². The second kappa shape index (κ2) is 6.42. The molecule has 3 aromatic heterocycles. The van der Waals surface area contributed by atoms with Crippen LogP contribution in [-0.4, -0.2) is 15.7 Å². The molecule has 0 spiro atoms. The first-order chi connectivity index (χ1) is 11.1. The smallest absolute Gasteiger partial charge is 0.340 e. The molecule has 0 amide bonds. The van der Waals surface area contributed by atoms with Gasteiger partial charge in [0.05, 0.1) is 10.4 Å². The van der Waals surface area contributed by atoms with Crippen LogP contribution in [0.4, 0.5) is 0 Å². The van der Waals surface area contributed by atoms with Gasteiger partial charge in [-0.3, -0.25) is 0 Å². The van der Waals surface area contributed by atoms with E-state index in [1.54, 1.807) is 17.4 Å². The Morgan fingerprint density at radius 1 is 1.39 bits per heavy atom. The first-order valence-corrected chi connectivity index (χ1v) is 8.31. The molecule has 120 valence electrons. The second-order valence-corrected chi connectivity index (χ2v) is 6.21. The van der Waals surface area contributed by atoms with E-state index >= 15 is 0 Å². The highest BCUT2D eigenvalue weighted by atomic mass is 32.1. The molecular weight excluding hydrogens is 312 g/mol. The molecule has 0 atom stereocenters. The highest BCUT2D eigenvalue weighted by molar-refractivity contribution is 7.13. The average molecular weight is 330 g/mol. The van der Waals surface area contributed by atoms with Crippen LogP contribution in [0, 0.1) is 13.8 Å². The minimum Gasteiger partial charge on any atom is -0.455 e. The molecule has 3 rings (SSSR count). The number of nitrogens with zero attached hydrogens (tertiary/aromatic N) is 2. The van der Waals surface area contributed by atoms with Crippen molar-refractivity contribution in [1.82, 2.24) is 9.72 Å². The SMILES string of the molecule is CCn1c(C)cc(C(=O)OCc2cc(-c3cccs3)on2)c1C. The topological polar surface area (TPSA) is 57.3 Å². The molecule has 0 aromatic carbocycles. The van der Waals surface area contributed by atoms with E-state index in [1.165, 1.54) is 0 Å². The molecule has 0 N–H and O–H groups in total. The number of aryl methyl sites for hydroxylation is 1. The molecule has 0 fully saturated rings. The number of hydrogen-bond acceptors (Lipinski definition) is 5. The van der Waals surface area contributed by atoms with E-state index < -0.39 is 0 Å². The molecule has 0 unspecified atom stereocenters. The second-order valence-electron chi connectivity index (χ2n) is 5.26. The van der Waals surface area contributed by atoms with Gasteiger partial charge in [0.15, 0.2) is 5.76 Å². The minimum atomic E-state index is -0.335. The van der Waals surface area contributed by atoms with Crippen molar-refractivity contribution >= 4 is 17.3 Å². The lowest BCUT2D eigenvalue weighted by atomic mass is 10.2. The predicted molar refractivity (Wildman–Crippen MR) is 88.5 cm³/mol. The normalized spacial score (nSPS) is 10.9. The summed E-state index contributed by atoms with van der Waals surface area (Å²) in [6.45, 7) is 6.90. The summed E-state index contributed by atoms with van der Waals surface area (Å²) >= 11 is 1.58. The fourth-order valence-electron chi connectivity index (χ4n) is 2.63. The molecule has 0 saturated carbocycles. The summed E-state index contributed by atoms with van der Waals surface area (Å²) in [6, 6.07) is 7.57. The maximum atomic E-state index is 12.3. The molecule has 0 aliphatic heterocycles. The summed E-state index contributed by atoms with van der Waals surface area (Å²) in [6.07, 6.45) is 0. The third-order valence-corrected chi connectivity index (χ3v) is 4.67. The fraction of sp³-hybridized carbons (Fsp3) is 0.294. The van der Waals surface area contributed by atoms with Crippen molar-refractivity contribution in [3.05, 3.63) is 52.3 Å². The lowest BCUT2D eigenvalue weighted by Crippen LogP contribution is -2.07. The summed E-state index contributed by atoms with van der Waals surface area (Å²) in [5.41, 5.74) is 3.19. The number of hydrogen-bond donors (Lipinski definition) is 0. The molecule has 5 nitrogen and oxygen atoms in total. The quantitative estimate of drug-likeness (QED) is 0.658. The number of thiophene rings is 1. The first kappa shape index (κ1) is 15.6. The number of ether oxygens (including phenoxy) is 1. The Morgan fingerprint density at radius 2 is 2.22 bits per heavy atom. The van der Waals surface area contributed by atoms with Crippen LogP contribution < -0.4 is 0 Å². The maximum Gasteiger partial charge on any atom is 0.340 e. The molecule has 0 saturated heterocycles. The standard InChI is InChI=1S/C17H18N2O3S/c1-4-19-11(2)8-14(12(19)3)17(20)21-10-13-9-15(22-18-13)16-6-5-7-23-16/h5-9H,4,10H2,1-3H3. The number of aromatic nitrogens is 2. The maximum absolute atomic E-state index is 12.3. The van der Waals surface area contributed by atoms with Crippen LogP contribution in [0.2, 0.25) is 0 Å². The fourth-order valence-corrected chi connectivity index (χ4v) is 3.30. The number of rotatable bonds is 5. The average Bonchev–Trinajstić information content (AvgIpc) is 3.24. The van der Waals surface area contributed by atoms with Gasteiger partial charge in [-0.05, 0) is 38.3 Å². The molecule has 23 heavy (non-hydrogen) atoms. The van der Waals surface area contributed by atoms with E-state index in [0.717, 1.165) is 22.8 Å². The van der Waals surface area contributed by atoms with Crippen LogP contribution in [-0.2, 0) is 17.9 Å². The van der Waals surface area contributed by atoms with Gasteiger partial charge in [0, 0.05) is 24.0 Å². The third-order valence-electron chi connectivity index (χ3n) is 3.78. The highest BCUT2D eigenvalue weighted by Crippen LogP contribution is 2.25. The Bertz CT molecular complexity index is 815. The van der Waals surface area contributed by atoms with E-state index in [-0.39, 0.29) is 12.6 Å². The van der Waals surface area contributed by atoms with Crippen LogP contribution >= 0.6 is 11.3 Å². The van der Waals surface area contributed by atoms with Crippen molar-refractivity contribution < 1.29 is 14.1 Å². The van der Waals surface area contributed by atoms with Crippen molar-refractivity contribution in [2.75, 3.05) is 0 Å². The van der Waals surface area contributed by atoms with E-state index in [9.17, 15) is 4.79 Å². The Labute approximate surface area is 138 Å². The van der Waals surface area contributed by atoms with Gasteiger partial charge < -0.3 is 13.8 Å². The van der Waals surface area contributed by atoms with Gasteiger partial charge in [0.2, 0.25) is 0 Å². The van der Waals surface area contributed by atoms with Crippen LogP contribution in [0.15, 0.2) is 34.2 Å². The van der Waals surface area contributed by atoms with Crippen molar-refractivity contribution in [1.29, 1.82) is 0 Å². The summed E-state index contributed by atoms with van der Waals surface area (Å²) in [7, 11) is 0. The van der Waals surface area contributed by atoms with E-state index in [1.807, 2.05) is 37.4 Å². The lowest BCUT2D eigenvalue weighted by molar-refractivity contribution is 0.0463. The van der Waals surface area contributed by atoms with Crippen molar-refractivity contribution in [3.63, 3.8) is 0 Å². The van der Waals surface area contributed by atoms with E-state index in [2.05, 4.69) is 16.6 Å². The Balaban J connectivity index is 1.68. The zero-order valence-electron chi connectivity index (χ0n) is 13.3. The Morgan fingerprint density at radius 3 is 2.87 bits per heavy atom. The van der Waals surface area contributed by atoms with Crippen molar-refractivity contribution in [2.45, 2.75) is 33.9 Å². The Hall–Kier alpha value is -2.34. The summed E-state index contributed by atoms with van der Waals surface area (Å²) in [5.74, 6) is 0.355. The van der Waals surface area contributed by atoms with Gasteiger partial charge >= 0.3 is 5.97 Å². The van der Waals surface area contributed by atoms with Gasteiger partial charge in [-0.2, -0.15) is 0 Å². The van der Waals surface area contributed by atoms with Crippen LogP contribution in [0.25, 0.3) is 10.6 Å². The van der Waals surface area contributed by atoms with Crippen LogP contribution in [0.1, 0.15) is 34.4 Å². The third kappa shape index (κ3) is 3.07. The van der Waals surface area contributed by atoms with E-state index in [0.29, 0.717) is 17.0 Å². The van der Waals surface area contributed by atoms with Gasteiger partial charge in [-0.25, -0.2) is 4.79 Å². The molecule has 0 bridgehead atoms. The molecular formula is C17H18N2O3S. The summed E-state index contributed by atoms with van der Waals surface area (Å²) < 4.78 is 12.7. The molecule has 6 heteroatoms. The number of esters is 1. The predicted octanol–water partition coefficient (Wildman–Crippen LogP) is 4.20. The lowest BCUT2D eigenvalue weighted by Gasteiger charge is -2.05. The van der Waals surface area contributed by atoms with Crippen molar-refractivity contribution in [3.8, 4) is 10.6 Å². The van der Waals surface area contributed by atoms with Crippen LogP contribution in [0.3, 0.4) is 0 Å². The number of carbonyl (C=O) groups is 1. The minimum absolute atomic E-state index is 0.101. The summed E-state index contributed by atoms with van der Waals surface area (Å²) in [4.78, 5) is 13.3. The van der Waals surface area contributed by atoms with E-state index in [4.69, 9.17) is 9.26 Å². The molecule has 0 radical (unpaired) electrons. The highest BCUT2D eigenvalue weighted by Gasteiger charge is 2.17. The van der Waals surface area contributed by atoms with Gasteiger partial charge in [0.25, 0.3) is 0 Å². The molecule has 0 aliphatic rings.